The Morgan fingerprint density at radius 2 is 1.90 bits per heavy atom. The first-order chi connectivity index (χ1) is 14.7. The number of ether oxygens (including phenoxy) is 1. The van der Waals surface area contributed by atoms with E-state index < -0.39 is 0 Å². The molecule has 0 aliphatic carbocycles. The molecule has 1 aliphatic heterocycles. The number of carbonyl (C=O) groups excluding carboxylic acids is 1. The van der Waals surface area contributed by atoms with Crippen molar-refractivity contribution in [2.75, 3.05) is 31.4 Å². The highest BCUT2D eigenvalue weighted by Crippen LogP contribution is 2.23. The number of aromatic nitrogens is 2. The van der Waals surface area contributed by atoms with Gasteiger partial charge in [0.25, 0.3) is 5.91 Å². The fraction of sp³-hybridized carbons (Fsp3) is 0.304. The van der Waals surface area contributed by atoms with Crippen molar-refractivity contribution in [3.63, 3.8) is 0 Å². The molecule has 0 unspecified atom stereocenters. The van der Waals surface area contributed by atoms with E-state index in [1.165, 1.54) is 5.69 Å². The third-order valence-corrected chi connectivity index (χ3v) is 6.11. The number of piperidine rings is 1. The van der Waals surface area contributed by atoms with Gasteiger partial charge in [-0.25, -0.2) is 4.98 Å². The van der Waals surface area contributed by atoms with Gasteiger partial charge in [0.15, 0.2) is 5.16 Å². The Hall–Kier alpha value is -2.93. The molecule has 0 spiro atoms. The van der Waals surface area contributed by atoms with E-state index in [2.05, 4.69) is 27.3 Å². The van der Waals surface area contributed by atoms with E-state index in [9.17, 15) is 4.79 Å². The Labute approximate surface area is 181 Å². The molecule has 0 atom stereocenters. The van der Waals surface area contributed by atoms with Gasteiger partial charge in [-0.3, -0.25) is 9.36 Å². The van der Waals surface area contributed by atoms with Crippen molar-refractivity contribution >= 4 is 23.4 Å². The first-order valence-electron chi connectivity index (χ1n) is 10.1. The molecule has 3 aromatic rings. The number of hydrogen-bond acceptors (Lipinski definition) is 5. The minimum Gasteiger partial charge on any atom is -0.497 e. The van der Waals surface area contributed by atoms with Crippen LogP contribution in [-0.2, 0) is 0 Å². The minimum absolute atomic E-state index is 0.0226. The molecule has 1 aliphatic rings. The predicted molar refractivity (Wildman–Crippen MR) is 121 cm³/mol. The maximum absolute atomic E-state index is 12.8. The summed E-state index contributed by atoms with van der Waals surface area (Å²) in [5.74, 6) is 0.842. The summed E-state index contributed by atoms with van der Waals surface area (Å²) in [6.45, 7) is 1.84. The molecule has 7 heteroatoms. The average Bonchev–Trinajstić information content (AvgIpc) is 3.29. The lowest BCUT2D eigenvalue weighted by atomic mass is 10.0. The molecule has 2 heterocycles. The molecule has 0 bridgehead atoms. The van der Waals surface area contributed by atoms with Crippen molar-refractivity contribution in [3.8, 4) is 11.4 Å². The van der Waals surface area contributed by atoms with Crippen LogP contribution in [0, 0.1) is 0 Å². The lowest BCUT2D eigenvalue weighted by Gasteiger charge is -2.34. The number of nitrogens with one attached hydrogen (secondary N) is 1. The highest BCUT2D eigenvalue weighted by molar-refractivity contribution is 7.98. The van der Waals surface area contributed by atoms with Gasteiger partial charge >= 0.3 is 0 Å². The smallest absolute Gasteiger partial charge is 0.251 e. The number of rotatable bonds is 6. The van der Waals surface area contributed by atoms with Crippen molar-refractivity contribution < 1.29 is 9.53 Å². The maximum Gasteiger partial charge on any atom is 0.251 e. The topological polar surface area (TPSA) is 59.4 Å². The monoisotopic (exact) mass is 422 g/mol. The van der Waals surface area contributed by atoms with E-state index in [-0.39, 0.29) is 11.9 Å². The van der Waals surface area contributed by atoms with Gasteiger partial charge in [0.2, 0.25) is 0 Å². The second-order valence-corrected chi connectivity index (χ2v) is 8.04. The molecule has 30 heavy (non-hydrogen) atoms. The first-order valence-corrected chi connectivity index (χ1v) is 11.3. The SMILES string of the molecule is COc1ccc(N2CCC(NC(=O)c3cccc(-n4ccnc4SC)c3)CC2)cc1. The Morgan fingerprint density at radius 1 is 1.13 bits per heavy atom. The van der Waals surface area contributed by atoms with Gasteiger partial charge in [-0.2, -0.15) is 0 Å². The van der Waals surface area contributed by atoms with E-state index in [4.69, 9.17) is 4.74 Å². The van der Waals surface area contributed by atoms with Crippen LogP contribution >= 0.6 is 11.8 Å². The van der Waals surface area contributed by atoms with Crippen LogP contribution in [0.25, 0.3) is 5.69 Å². The van der Waals surface area contributed by atoms with E-state index >= 15 is 0 Å². The van der Waals surface area contributed by atoms with E-state index in [0.717, 1.165) is 42.5 Å². The summed E-state index contributed by atoms with van der Waals surface area (Å²) in [5.41, 5.74) is 2.81. The molecule has 0 radical (unpaired) electrons. The van der Waals surface area contributed by atoms with Crippen molar-refractivity contribution in [2.24, 2.45) is 0 Å². The van der Waals surface area contributed by atoms with Crippen LogP contribution in [0.4, 0.5) is 5.69 Å². The van der Waals surface area contributed by atoms with Gasteiger partial charge < -0.3 is 15.0 Å². The van der Waals surface area contributed by atoms with Crippen molar-refractivity contribution in [1.29, 1.82) is 0 Å². The zero-order valence-electron chi connectivity index (χ0n) is 17.2. The van der Waals surface area contributed by atoms with Crippen LogP contribution < -0.4 is 15.0 Å². The number of hydrogen-bond donors (Lipinski definition) is 1. The van der Waals surface area contributed by atoms with Crippen LogP contribution in [0.2, 0.25) is 0 Å². The fourth-order valence-corrected chi connectivity index (χ4v) is 4.31. The minimum atomic E-state index is -0.0226. The highest BCUT2D eigenvalue weighted by Gasteiger charge is 2.21. The van der Waals surface area contributed by atoms with Crippen LogP contribution in [0.1, 0.15) is 23.2 Å². The molecule has 1 fully saturated rings. The van der Waals surface area contributed by atoms with Gasteiger partial charge in [0, 0.05) is 48.5 Å². The molecule has 6 nitrogen and oxygen atoms in total. The first kappa shape index (κ1) is 20.3. The number of imidazole rings is 1. The Kier molecular flexibility index (Phi) is 6.28. The van der Waals surface area contributed by atoms with Crippen molar-refractivity contribution in [2.45, 2.75) is 24.0 Å². The summed E-state index contributed by atoms with van der Waals surface area (Å²) >= 11 is 1.58. The molecule has 1 N–H and O–H groups in total. The number of thioether (sulfide) groups is 1. The maximum atomic E-state index is 12.8. The summed E-state index contributed by atoms with van der Waals surface area (Å²) < 4.78 is 7.23. The molecule has 2 aromatic carbocycles. The molecule has 1 saturated heterocycles. The van der Waals surface area contributed by atoms with E-state index in [1.54, 1.807) is 25.1 Å². The quantitative estimate of drug-likeness (QED) is 0.609. The number of benzene rings is 2. The largest absolute Gasteiger partial charge is 0.497 e. The van der Waals surface area contributed by atoms with Crippen LogP contribution in [-0.4, -0.2) is 48.0 Å². The summed E-state index contributed by atoms with van der Waals surface area (Å²) in [7, 11) is 1.68. The third kappa shape index (κ3) is 4.46. The summed E-state index contributed by atoms with van der Waals surface area (Å²) in [4.78, 5) is 19.5. The van der Waals surface area contributed by atoms with E-state index in [0.29, 0.717) is 5.56 Å². The Morgan fingerprint density at radius 3 is 2.60 bits per heavy atom. The third-order valence-electron chi connectivity index (χ3n) is 5.44. The summed E-state index contributed by atoms with van der Waals surface area (Å²) in [5, 5.41) is 4.11. The Balaban J connectivity index is 1.36. The zero-order valence-corrected chi connectivity index (χ0v) is 18.1. The molecule has 156 valence electrons. The van der Waals surface area contributed by atoms with Gasteiger partial charge in [0.05, 0.1) is 7.11 Å². The standard InChI is InChI=1S/C23H26N4O2S/c1-29-21-8-6-19(7-9-21)26-13-10-18(11-14-26)25-22(28)17-4-3-5-20(16-17)27-15-12-24-23(27)30-2/h3-9,12,15-16,18H,10-11,13-14H2,1-2H3,(H,25,28). The summed E-state index contributed by atoms with van der Waals surface area (Å²) in [6.07, 6.45) is 7.53. The molecular weight excluding hydrogens is 396 g/mol. The second-order valence-electron chi connectivity index (χ2n) is 7.27. The second kappa shape index (κ2) is 9.26. The molecule has 0 saturated carbocycles. The van der Waals surface area contributed by atoms with Gasteiger partial charge in [-0.1, -0.05) is 17.8 Å². The summed E-state index contributed by atoms with van der Waals surface area (Å²) in [6, 6.07) is 16.0. The fourth-order valence-electron chi connectivity index (χ4n) is 3.78. The number of anilines is 1. The molecule has 1 aromatic heterocycles. The number of nitrogens with zero attached hydrogens (tertiary/aromatic N) is 3. The van der Waals surface area contributed by atoms with Crippen LogP contribution in [0.3, 0.4) is 0 Å². The zero-order chi connectivity index (χ0) is 20.9. The van der Waals surface area contributed by atoms with Crippen LogP contribution in [0.15, 0.2) is 66.1 Å². The van der Waals surface area contributed by atoms with Crippen molar-refractivity contribution in [3.05, 3.63) is 66.5 Å². The average molecular weight is 423 g/mol. The van der Waals surface area contributed by atoms with Gasteiger partial charge in [-0.15, -0.1) is 0 Å². The molecule has 4 rings (SSSR count). The number of carbonyl (C=O) groups is 1. The normalized spacial score (nSPS) is 14.5. The molecule has 1 amide bonds. The van der Waals surface area contributed by atoms with Gasteiger partial charge in [0.1, 0.15) is 5.75 Å². The molecular formula is C23H26N4O2S. The Bertz CT molecular complexity index is 994. The predicted octanol–water partition coefficient (Wildman–Crippen LogP) is 4.00. The highest BCUT2D eigenvalue weighted by atomic mass is 32.2. The lowest BCUT2D eigenvalue weighted by molar-refractivity contribution is 0.0931. The lowest BCUT2D eigenvalue weighted by Crippen LogP contribution is -2.44. The van der Waals surface area contributed by atoms with Crippen LogP contribution in [0.5, 0.6) is 5.75 Å². The number of amides is 1. The van der Waals surface area contributed by atoms with Crippen molar-refractivity contribution in [1.82, 2.24) is 14.9 Å². The van der Waals surface area contributed by atoms with Gasteiger partial charge in [-0.05, 0) is 61.6 Å². The van der Waals surface area contributed by atoms with E-state index in [1.807, 2.05) is 53.4 Å². The number of methoxy groups -OCH3 is 1.